The van der Waals surface area contributed by atoms with Crippen LogP contribution in [0.5, 0.6) is 5.75 Å². The van der Waals surface area contributed by atoms with Gasteiger partial charge in [-0.3, -0.25) is 9.59 Å². The molecule has 1 unspecified atom stereocenters. The molecule has 180 valence electrons. The summed E-state index contributed by atoms with van der Waals surface area (Å²) in [6.07, 6.45) is 0. The van der Waals surface area contributed by atoms with Crippen molar-refractivity contribution in [3.63, 3.8) is 0 Å². The predicted octanol–water partition coefficient (Wildman–Crippen LogP) is 1.50. The van der Waals surface area contributed by atoms with Gasteiger partial charge in [-0.1, -0.05) is 18.2 Å². The number of pyridine rings is 1. The number of aryl methyl sites for hydroxylation is 1. The number of hydrogen-bond donors (Lipinski definition) is 1. The van der Waals surface area contributed by atoms with E-state index >= 15 is 0 Å². The van der Waals surface area contributed by atoms with Gasteiger partial charge in [-0.2, -0.15) is 0 Å². The molecule has 34 heavy (non-hydrogen) atoms. The zero-order chi connectivity index (χ0) is 24.9. The highest BCUT2D eigenvalue weighted by Crippen LogP contribution is 2.55. The van der Waals surface area contributed by atoms with Gasteiger partial charge in [0, 0.05) is 42.1 Å². The zero-order valence-electron chi connectivity index (χ0n) is 20.3. The lowest BCUT2D eigenvalue weighted by Gasteiger charge is -2.36. The van der Waals surface area contributed by atoms with Crippen molar-refractivity contribution in [3.8, 4) is 5.75 Å². The molecule has 0 saturated carbocycles. The number of amides is 1. The van der Waals surface area contributed by atoms with Gasteiger partial charge in [0.1, 0.15) is 16.7 Å². The number of carbonyl (C=O) groups excluding carboxylic acids is 2. The molecular weight excluding hydrogens is 436 g/mol. The van der Waals surface area contributed by atoms with Crippen molar-refractivity contribution in [2.24, 2.45) is 5.73 Å². The number of rotatable bonds is 5. The molecule has 1 aromatic heterocycles. The van der Waals surface area contributed by atoms with E-state index in [1.165, 1.54) is 7.11 Å². The minimum absolute atomic E-state index is 0.0760. The number of fused-ring (bicyclic) bond motifs is 4. The Balaban J connectivity index is 2.15. The molecule has 2 N–H and O–H groups in total. The highest BCUT2D eigenvalue weighted by molar-refractivity contribution is 6.18. The van der Waals surface area contributed by atoms with Gasteiger partial charge in [0.05, 0.1) is 12.7 Å². The molecular formula is C25H30N4O5. The highest BCUT2D eigenvalue weighted by atomic mass is 16.5. The van der Waals surface area contributed by atoms with E-state index < -0.39 is 22.9 Å². The van der Waals surface area contributed by atoms with E-state index in [0.717, 1.165) is 0 Å². The van der Waals surface area contributed by atoms with Crippen LogP contribution < -0.4 is 20.9 Å². The average molecular weight is 467 g/mol. The minimum Gasteiger partial charge on any atom is -0.465 e. The Hall–Kier alpha value is -3.59. The summed E-state index contributed by atoms with van der Waals surface area (Å²) in [5.74, 6) is -1.34. The Morgan fingerprint density at radius 2 is 1.91 bits per heavy atom. The van der Waals surface area contributed by atoms with Gasteiger partial charge in [0.2, 0.25) is 11.8 Å². The number of nitrogens with zero attached hydrogens (tertiary/aromatic N) is 3. The van der Waals surface area contributed by atoms with Crippen LogP contribution in [0.25, 0.3) is 0 Å². The third kappa shape index (κ3) is 3.14. The van der Waals surface area contributed by atoms with Crippen LogP contribution in [0.15, 0.2) is 46.6 Å². The van der Waals surface area contributed by atoms with Crippen molar-refractivity contribution in [1.82, 2.24) is 9.47 Å². The van der Waals surface area contributed by atoms with Gasteiger partial charge >= 0.3 is 5.97 Å². The number of methoxy groups -OCH3 is 1. The van der Waals surface area contributed by atoms with E-state index in [2.05, 4.69) is 0 Å². The lowest BCUT2D eigenvalue weighted by atomic mass is 9.68. The fourth-order valence-corrected chi connectivity index (χ4v) is 4.98. The molecule has 0 aliphatic carbocycles. The largest absolute Gasteiger partial charge is 0.465 e. The van der Waals surface area contributed by atoms with E-state index in [0.29, 0.717) is 30.0 Å². The standard InChI is InChI=1S/C25H30N4O5/c1-14(2)29-17-10-8-7-9-16(17)25(24(29)32)19-18(34-21(26)20(25)23(31)33-6)13-15(3)28(22(19)30)12-11-27(4)5/h7-10,13-14H,11-12,26H2,1-6H3. The van der Waals surface area contributed by atoms with Crippen LogP contribution in [0.1, 0.15) is 30.7 Å². The molecule has 1 spiro atoms. The van der Waals surface area contributed by atoms with Gasteiger partial charge in [-0.15, -0.1) is 0 Å². The quantitative estimate of drug-likeness (QED) is 0.666. The van der Waals surface area contributed by atoms with Crippen molar-refractivity contribution in [2.45, 2.75) is 38.8 Å². The normalized spacial score (nSPS) is 19.1. The highest BCUT2D eigenvalue weighted by Gasteiger charge is 2.62. The maximum absolute atomic E-state index is 14.4. The van der Waals surface area contributed by atoms with Crippen LogP contribution in [0.4, 0.5) is 5.69 Å². The van der Waals surface area contributed by atoms with Crippen LogP contribution in [-0.4, -0.2) is 55.1 Å². The van der Waals surface area contributed by atoms with Crippen LogP contribution in [0, 0.1) is 6.92 Å². The molecule has 0 radical (unpaired) electrons. The fourth-order valence-electron chi connectivity index (χ4n) is 4.98. The molecule has 1 amide bonds. The molecule has 9 nitrogen and oxygen atoms in total. The van der Waals surface area contributed by atoms with Crippen molar-refractivity contribution in [3.05, 3.63) is 69.0 Å². The number of aromatic nitrogens is 1. The number of ether oxygens (including phenoxy) is 2. The van der Waals surface area contributed by atoms with Crippen molar-refractivity contribution in [2.75, 3.05) is 32.6 Å². The number of anilines is 1. The van der Waals surface area contributed by atoms with Crippen LogP contribution in [-0.2, 0) is 26.3 Å². The second-order valence-corrected chi connectivity index (χ2v) is 9.15. The summed E-state index contributed by atoms with van der Waals surface area (Å²) in [5.41, 5.74) is 5.76. The Morgan fingerprint density at radius 3 is 2.53 bits per heavy atom. The zero-order valence-corrected chi connectivity index (χ0v) is 20.3. The molecule has 0 bridgehead atoms. The van der Waals surface area contributed by atoms with Crippen molar-refractivity contribution in [1.29, 1.82) is 0 Å². The SMILES string of the molecule is COC(=O)C1=C(N)Oc2cc(C)n(CCN(C)C)c(=O)c2C12C(=O)N(C(C)C)c1ccccc12. The number of hydrogen-bond acceptors (Lipinski definition) is 7. The summed E-state index contributed by atoms with van der Waals surface area (Å²) >= 11 is 0. The summed E-state index contributed by atoms with van der Waals surface area (Å²) in [5, 5.41) is 0. The number of likely N-dealkylation sites (N-methyl/N-ethyl adjacent to an activating group) is 1. The topological polar surface area (TPSA) is 107 Å². The first-order valence-electron chi connectivity index (χ1n) is 11.2. The molecule has 1 aromatic carbocycles. The van der Waals surface area contributed by atoms with Gasteiger partial charge < -0.3 is 29.6 Å². The first kappa shape index (κ1) is 23.6. The lowest BCUT2D eigenvalue weighted by Crippen LogP contribution is -2.53. The van der Waals surface area contributed by atoms with Crippen molar-refractivity contribution >= 4 is 17.6 Å². The Morgan fingerprint density at radius 1 is 1.24 bits per heavy atom. The van der Waals surface area contributed by atoms with E-state index in [1.807, 2.05) is 38.9 Å². The second-order valence-electron chi connectivity index (χ2n) is 9.15. The average Bonchev–Trinajstić information content (AvgIpc) is 3.01. The van der Waals surface area contributed by atoms with E-state index in [4.69, 9.17) is 15.2 Å². The summed E-state index contributed by atoms with van der Waals surface area (Å²) < 4.78 is 12.5. The van der Waals surface area contributed by atoms with Crippen LogP contribution >= 0.6 is 0 Å². The van der Waals surface area contributed by atoms with E-state index in [9.17, 15) is 14.4 Å². The second kappa shape index (κ2) is 8.32. The maximum Gasteiger partial charge on any atom is 0.340 e. The minimum atomic E-state index is -1.78. The van der Waals surface area contributed by atoms with Gasteiger partial charge in [-0.05, 0) is 40.9 Å². The molecule has 1 atom stereocenters. The summed E-state index contributed by atoms with van der Waals surface area (Å²) in [4.78, 5) is 45.1. The predicted molar refractivity (Wildman–Crippen MR) is 128 cm³/mol. The molecule has 3 heterocycles. The molecule has 0 fully saturated rings. The fraction of sp³-hybridized carbons (Fsp3) is 0.400. The number of para-hydroxylation sites is 1. The summed E-state index contributed by atoms with van der Waals surface area (Å²) in [6.45, 7) is 6.57. The third-order valence-corrected chi connectivity index (χ3v) is 6.47. The lowest BCUT2D eigenvalue weighted by molar-refractivity contribution is -0.138. The number of nitrogens with two attached hydrogens (primary N) is 1. The Labute approximate surface area is 198 Å². The monoisotopic (exact) mass is 466 g/mol. The third-order valence-electron chi connectivity index (χ3n) is 6.47. The van der Waals surface area contributed by atoms with Gasteiger partial charge in [0.15, 0.2) is 0 Å². The first-order valence-corrected chi connectivity index (χ1v) is 11.2. The van der Waals surface area contributed by atoms with Gasteiger partial charge in [0.25, 0.3) is 5.56 Å². The Kier molecular flexibility index (Phi) is 5.77. The van der Waals surface area contributed by atoms with Crippen molar-refractivity contribution < 1.29 is 19.1 Å². The smallest absolute Gasteiger partial charge is 0.340 e. The summed E-state index contributed by atoms with van der Waals surface area (Å²) in [6, 6.07) is 8.61. The van der Waals surface area contributed by atoms with Crippen LogP contribution in [0.2, 0.25) is 0 Å². The molecule has 9 heteroatoms. The van der Waals surface area contributed by atoms with E-state index in [1.54, 1.807) is 40.7 Å². The molecule has 0 saturated heterocycles. The molecule has 2 aliphatic rings. The molecule has 4 rings (SSSR count). The molecule has 2 aromatic rings. The Bertz CT molecular complexity index is 1280. The number of esters is 1. The van der Waals surface area contributed by atoms with E-state index in [-0.39, 0.29) is 28.8 Å². The maximum atomic E-state index is 14.4. The van der Waals surface area contributed by atoms with Gasteiger partial charge in [-0.25, -0.2) is 4.79 Å². The summed E-state index contributed by atoms with van der Waals surface area (Å²) in [7, 11) is 5.04. The number of carbonyl (C=O) groups is 2. The first-order chi connectivity index (χ1) is 16.1. The number of benzene rings is 1. The molecule has 2 aliphatic heterocycles. The van der Waals surface area contributed by atoms with Crippen LogP contribution in [0.3, 0.4) is 0 Å².